The van der Waals surface area contributed by atoms with Gasteiger partial charge in [-0.15, -0.1) is 13.2 Å². The predicted octanol–water partition coefficient (Wildman–Crippen LogP) is 1.86. The smallest absolute Gasteiger partial charge is 0.406 e. The molecule has 1 fully saturated rings. The highest BCUT2D eigenvalue weighted by molar-refractivity contribution is 5.81. The van der Waals surface area contributed by atoms with E-state index in [1.807, 2.05) is 0 Å². The van der Waals surface area contributed by atoms with E-state index < -0.39 is 18.3 Å². The van der Waals surface area contributed by atoms with Crippen LogP contribution in [0.25, 0.3) is 0 Å². The molecule has 1 aliphatic carbocycles. The molecule has 0 aliphatic heterocycles. The Labute approximate surface area is 107 Å². The lowest BCUT2D eigenvalue weighted by molar-refractivity contribution is -0.274. The van der Waals surface area contributed by atoms with Crippen LogP contribution in [0.3, 0.4) is 0 Å². The van der Waals surface area contributed by atoms with E-state index in [0.29, 0.717) is 5.56 Å². The average Bonchev–Trinajstić information content (AvgIpc) is 3.07. The van der Waals surface area contributed by atoms with Gasteiger partial charge in [-0.3, -0.25) is 10.1 Å². The van der Waals surface area contributed by atoms with Gasteiger partial charge >= 0.3 is 6.36 Å². The maximum absolute atomic E-state index is 12.1. The lowest BCUT2D eigenvalue weighted by Gasteiger charge is -2.17. The maximum atomic E-state index is 12.1. The fourth-order valence-corrected chi connectivity index (χ4v) is 1.72. The van der Waals surface area contributed by atoms with Gasteiger partial charge < -0.3 is 10.5 Å². The minimum atomic E-state index is -4.76. The summed E-state index contributed by atoms with van der Waals surface area (Å²) in [6.45, 7) is 0. The first-order valence-electron chi connectivity index (χ1n) is 5.76. The number of carbonyl (C=O) groups excluding carboxylic acids is 1. The van der Waals surface area contributed by atoms with E-state index in [-0.39, 0.29) is 11.8 Å². The van der Waals surface area contributed by atoms with Crippen molar-refractivity contribution in [2.75, 3.05) is 0 Å². The van der Waals surface area contributed by atoms with Crippen LogP contribution in [-0.4, -0.2) is 18.3 Å². The van der Waals surface area contributed by atoms with Crippen LogP contribution in [0, 0.1) is 0 Å². The van der Waals surface area contributed by atoms with E-state index in [1.54, 1.807) is 0 Å². The molecule has 1 aromatic rings. The summed E-state index contributed by atoms with van der Waals surface area (Å²) in [5.74, 6) is -0.995. The second-order valence-electron chi connectivity index (χ2n) is 4.40. The largest absolute Gasteiger partial charge is 0.573 e. The zero-order chi connectivity index (χ0) is 14.0. The van der Waals surface area contributed by atoms with E-state index >= 15 is 0 Å². The summed E-state index contributed by atoms with van der Waals surface area (Å²) in [5.41, 5.74) is 5.62. The van der Waals surface area contributed by atoms with Gasteiger partial charge in [0.2, 0.25) is 5.91 Å². The Morgan fingerprint density at radius 3 is 2.63 bits per heavy atom. The van der Waals surface area contributed by atoms with E-state index in [1.165, 1.54) is 18.2 Å². The molecule has 0 spiro atoms. The zero-order valence-corrected chi connectivity index (χ0v) is 9.91. The number of amides is 1. The van der Waals surface area contributed by atoms with E-state index in [4.69, 9.17) is 5.73 Å². The first-order valence-corrected chi connectivity index (χ1v) is 5.76. The van der Waals surface area contributed by atoms with Crippen molar-refractivity contribution in [1.29, 1.82) is 0 Å². The van der Waals surface area contributed by atoms with Crippen LogP contribution >= 0.6 is 0 Å². The third-order valence-electron chi connectivity index (χ3n) is 2.69. The minimum absolute atomic E-state index is 0.199. The highest BCUT2D eigenvalue weighted by Gasteiger charge is 2.32. The third kappa shape index (κ3) is 4.13. The molecule has 7 heteroatoms. The van der Waals surface area contributed by atoms with Crippen LogP contribution in [-0.2, 0) is 4.79 Å². The van der Waals surface area contributed by atoms with Crippen LogP contribution in [0.4, 0.5) is 13.2 Å². The Morgan fingerprint density at radius 2 is 2.11 bits per heavy atom. The molecule has 0 saturated heterocycles. The van der Waals surface area contributed by atoms with Crippen LogP contribution < -0.4 is 15.8 Å². The molecule has 0 radical (unpaired) electrons. The number of benzene rings is 1. The fourth-order valence-electron chi connectivity index (χ4n) is 1.72. The molecule has 0 aromatic heterocycles. The normalized spacial score (nSPS) is 17.0. The fraction of sp³-hybridized carbons (Fsp3) is 0.417. The molecular formula is C12H13F3N2O2. The summed E-state index contributed by atoms with van der Waals surface area (Å²) < 4.78 is 40.2. The summed E-state index contributed by atoms with van der Waals surface area (Å²) in [5, 5.41) is 2.99. The zero-order valence-electron chi connectivity index (χ0n) is 9.91. The van der Waals surface area contributed by atoms with Crippen molar-refractivity contribution in [3.8, 4) is 5.75 Å². The summed E-state index contributed by atoms with van der Waals surface area (Å²) in [4.78, 5) is 11.4. The molecule has 2 rings (SSSR count). The number of alkyl halides is 3. The molecule has 1 amide bonds. The third-order valence-corrected chi connectivity index (χ3v) is 2.69. The van der Waals surface area contributed by atoms with Gasteiger partial charge in [0.05, 0.1) is 0 Å². The number of hydrogen-bond donors (Lipinski definition) is 2. The molecule has 3 N–H and O–H groups in total. The number of rotatable bonds is 5. The van der Waals surface area contributed by atoms with Crippen molar-refractivity contribution in [2.24, 2.45) is 5.73 Å². The molecular weight excluding hydrogens is 261 g/mol. The van der Waals surface area contributed by atoms with Crippen molar-refractivity contribution < 1.29 is 22.7 Å². The van der Waals surface area contributed by atoms with E-state index in [9.17, 15) is 18.0 Å². The van der Waals surface area contributed by atoms with Gasteiger partial charge in [0.1, 0.15) is 11.8 Å². The average molecular weight is 274 g/mol. The van der Waals surface area contributed by atoms with Gasteiger partial charge in [-0.05, 0) is 30.5 Å². The first kappa shape index (κ1) is 13.7. The molecule has 4 nitrogen and oxygen atoms in total. The molecule has 1 atom stereocenters. The van der Waals surface area contributed by atoms with Gasteiger partial charge in [0, 0.05) is 6.04 Å². The molecule has 19 heavy (non-hydrogen) atoms. The molecule has 1 aliphatic rings. The van der Waals surface area contributed by atoms with Crippen LogP contribution in [0.2, 0.25) is 0 Å². The molecule has 0 heterocycles. The Hall–Kier alpha value is -1.76. The number of halogens is 3. The monoisotopic (exact) mass is 274 g/mol. The van der Waals surface area contributed by atoms with Gasteiger partial charge in [0.25, 0.3) is 0 Å². The highest BCUT2D eigenvalue weighted by Crippen LogP contribution is 2.28. The van der Waals surface area contributed by atoms with Crippen molar-refractivity contribution in [1.82, 2.24) is 5.32 Å². The van der Waals surface area contributed by atoms with Crippen molar-refractivity contribution in [3.05, 3.63) is 29.8 Å². The first-order chi connectivity index (χ1) is 8.85. The summed E-state index contributed by atoms with van der Waals surface area (Å²) in [6, 6.07) is 4.66. The molecule has 1 aromatic carbocycles. The molecule has 104 valence electrons. The van der Waals surface area contributed by atoms with Crippen molar-refractivity contribution >= 4 is 5.91 Å². The lowest BCUT2D eigenvalue weighted by Crippen LogP contribution is -2.34. The van der Waals surface area contributed by atoms with E-state index in [2.05, 4.69) is 10.1 Å². The van der Waals surface area contributed by atoms with Gasteiger partial charge in [-0.2, -0.15) is 0 Å². The van der Waals surface area contributed by atoms with Gasteiger partial charge in [0.15, 0.2) is 0 Å². The molecule has 0 bridgehead atoms. The summed E-state index contributed by atoms with van der Waals surface area (Å²) in [6.07, 6.45) is -2.89. The number of nitrogens with one attached hydrogen (secondary N) is 1. The summed E-state index contributed by atoms with van der Waals surface area (Å²) >= 11 is 0. The molecule has 1 unspecified atom stereocenters. The number of ether oxygens (including phenoxy) is 1. The number of nitrogens with two attached hydrogens (primary N) is 1. The topological polar surface area (TPSA) is 64.4 Å². The quantitative estimate of drug-likeness (QED) is 0.861. The van der Waals surface area contributed by atoms with E-state index in [0.717, 1.165) is 18.9 Å². The number of carbonyl (C=O) groups is 1. The van der Waals surface area contributed by atoms with Gasteiger partial charge in [-0.25, -0.2) is 0 Å². The van der Waals surface area contributed by atoms with Crippen LogP contribution in [0.15, 0.2) is 24.3 Å². The lowest BCUT2D eigenvalue weighted by atomic mass is 10.1. The molecule has 1 saturated carbocycles. The van der Waals surface area contributed by atoms with Crippen LogP contribution in [0.1, 0.15) is 24.4 Å². The Bertz CT molecular complexity index is 472. The minimum Gasteiger partial charge on any atom is -0.406 e. The SMILES string of the molecule is NC(=O)C(NC1CC1)c1cccc(OC(F)(F)F)c1. The van der Waals surface area contributed by atoms with Crippen molar-refractivity contribution in [2.45, 2.75) is 31.3 Å². The summed E-state index contributed by atoms with van der Waals surface area (Å²) in [7, 11) is 0. The number of hydrogen-bond acceptors (Lipinski definition) is 3. The Kier molecular flexibility index (Phi) is 3.66. The van der Waals surface area contributed by atoms with Crippen molar-refractivity contribution in [3.63, 3.8) is 0 Å². The predicted molar refractivity (Wildman–Crippen MR) is 61.2 cm³/mol. The second-order valence-corrected chi connectivity index (χ2v) is 4.40. The standard InChI is InChI=1S/C12H13F3N2O2/c13-12(14,15)19-9-3-1-2-7(6-9)10(11(16)18)17-8-4-5-8/h1-3,6,8,10,17H,4-5H2,(H2,16,18). The van der Waals surface area contributed by atoms with Crippen LogP contribution in [0.5, 0.6) is 5.75 Å². The van der Waals surface area contributed by atoms with Gasteiger partial charge in [-0.1, -0.05) is 12.1 Å². The number of primary amides is 1. The highest BCUT2D eigenvalue weighted by atomic mass is 19.4. The second kappa shape index (κ2) is 5.08. The maximum Gasteiger partial charge on any atom is 0.573 e. The Balaban J connectivity index is 2.17. The Morgan fingerprint density at radius 1 is 1.42 bits per heavy atom.